The molecule has 3 rings (SSSR count). The molecule has 1 unspecified atom stereocenters. The van der Waals surface area contributed by atoms with Gasteiger partial charge in [0.1, 0.15) is 0 Å². The van der Waals surface area contributed by atoms with Crippen LogP contribution in [0.5, 0.6) is 0 Å². The van der Waals surface area contributed by atoms with Crippen LogP contribution in [0.4, 0.5) is 0 Å². The second-order valence-electron chi connectivity index (χ2n) is 5.51. The zero-order valence-corrected chi connectivity index (χ0v) is 12.8. The van der Waals surface area contributed by atoms with Gasteiger partial charge >= 0.3 is 0 Å². The summed E-state index contributed by atoms with van der Waals surface area (Å²) >= 11 is 0. The van der Waals surface area contributed by atoms with E-state index in [4.69, 9.17) is 0 Å². The van der Waals surface area contributed by atoms with E-state index in [1.54, 1.807) is 0 Å². The second-order valence-corrected chi connectivity index (χ2v) is 6.89. The molecule has 0 aliphatic carbocycles. The smallest absolute Gasteiger partial charge is 0.182 e. The Morgan fingerprint density at radius 3 is 2.35 bits per heavy atom. The predicted molar refractivity (Wildman–Crippen MR) is 86.3 cm³/mol. The topological polar surface area (TPSA) is 3.24 Å². The van der Waals surface area contributed by atoms with Gasteiger partial charge in [0.15, 0.2) is 9.68 Å². The highest BCUT2D eigenvalue weighted by molar-refractivity contribution is 6.50. The Bertz CT molecular complexity index is 462. The molecular formula is C18H21NSi. The molecule has 1 saturated heterocycles. The van der Waals surface area contributed by atoms with Gasteiger partial charge in [0, 0.05) is 6.04 Å². The summed E-state index contributed by atoms with van der Waals surface area (Å²) in [7, 11) is 0.819. The minimum absolute atomic E-state index is 0.713. The number of rotatable bonds is 4. The van der Waals surface area contributed by atoms with Crippen LogP contribution < -0.4 is 5.19 Å². The normalized spacial score (nSPS) is 19.9. The molecule has 2 aromatic rings. The molecule has 0 saturated carbocycles. The van der Waals surface area contributed by atoms with Gasteiger partial charge in [0.25, 0.3) is 0 Å². The Labute approximate surface area is 124 Å². The standard InChI is InChI=1S/C18H21NSi/c1-3-9-16(10-4-1)15-17-11-7-8-14-19(17)20-18-12-5-2-6-13-18/h1-6,9-10,12-13,17H,7-8,11,14-15H2. The number of hydrogen-bond donors (Lipinski definition) is 0. The van der Waals surface area contributed by atoms with Gasteiger partial charge in [-0.1, -0.05) is 67.1 Å². The first kappa shape index (κ1) is 13.6. The average Bonchev–Trinajstić information content (AvgIpc) is 2.51. The predicted octanol–water partition coefficient (Wildman–Crippen LogP) is 3.03. The minimum Gasteiger partial charge on any atom is -0.318 e. The van der Waals surface area contributed by atoms with Crippen LogP contribution in [0.1, 0.15) is 24.8 Å². The van der Waals surface area contributed by atoms with Crippen molar-refractivity contribution < 1.29 is 0 Å². The van der Waals surface area contributed by atoms with Crippen molar-refractivity contribution in [2.75, 3.05) is 6.54 Å². The van der Waals surface area contributed by atoms with Crippen LogP contribution in [0.15, 0.2) is 60.7 Å². The number of benzene rings is 2. The van der Waals surface area contributed by atoms with Crippen LogP contribution in [0.2, 0.25) is 0 Å². The monoisotopic (exact) mass is 279 g/mol. The molecule has 1 heterocycles. The van der Waals surface area contributed by atoms with Crippen molar-refractivity contribution in [1.29, 1.82) is 0 Å². The highest BCUT2D eigenvalue weighted by Gasteiger charge is 2.23. The number of piperidine rings is 1. The molecular weight excluding hydrogens is 258 g/mol. The quantitative estimate of drug-likeness (QED) is 0.778. The summed E-state index contributed by atoms with van der Waals surface area (Å²) in [4.78, 5) is 0. The largest absolute Gasteiger partial charge is 0.318 e. The van der Waals surface area contributed by atoms with E-state index in [0.717, 1.165) is 9.68 Å². The van der Waals surface area contributed by atoms with Crippen LogP contribution in [0.3, 0.4) is 0 Å². The first-order chi connectivity index (χ1) is 9.92. The first-order valence-electron chi connectivity index (χ1n) is 7.54. The van der Waals surface area contributed by atoms with Crippen molar-refractivity contribution in [3.8, 4) is 0 Å². The summed E-state index contributed by atoms with van der Waals surface area (Å²) in [5.41, 5.74) is 1.47. The van der Waals surface area contributed by atoms with Crippen molar-refractivity contribution in [1.82, 2.24) is 4.57 Å². The Morgan fingerprint density at radius 2 is 1.60 bits per heavy atom. The van der Waals surface area contributed by atoms with E-state index < -0.39 is 0 Å². The summed E-state index contributed by atoms with van der Waals surface area (Å²) in [5, 5.41) is 1.47. The molecule has 20 heavy (non-hydrogen) atoms. The van der Waals surface area contributed by atoms with E-state index >= 15 is 0 Å². The van der Waals surface area contributed by atoms with E-state index in [0.29, 0.717) is 6.04 Å². The van der Waals surface area contributed by atoms with Crippen LogP contribution in [0.25, 0.3) is 0 Å². The fourth-order valence-electron chi connectivity index (χ4n) is 2.92. The molecule has 2 aromatic carbocycles. The number of nitrogens with zero attached hydrogens (tertiary/aromatic N) is 1. The molecule has 1 aliphatic heterocycles. The van der Waals surface area contributed by atoms with Crippen molar-refractivity contribution in [2.45, 2.75) is 31.7 Å². The Hall–Kier alpha value is -1.38. The molecule has 0 aromatic heterocycles. The van der Waals surface area contributed by atoms with Crippen LogP contribution >= 0.6 is 0 Å². The van der Waals surface area contributed by atoms with Crippen molar-refractivity contribution in [3.05, 3.63) is 66.2 Å². The van der Waals surface area contributed by atoms with Crippen LogP contribution in [-0.2, 0) is 6.42 Å². The van der Waals surface area contributed by atoms with Gasteiger partial charge in [-0.05, 0) is 36.6 Å². The molecule has 1 fully saturated rings. The lowest BCUT2D eigenvalue weighted by molar-refractivity contribution is 0.257. The lowest BCUT2D eigenvalue weighted by Gasteiger charge is -2.35. The zero-order valence-electron chi connectivity index (χ0n) is 11.8. The van der Waals surface area contributed by atoms with E-state index in [1.165, 1.54) is 43.0 Å². The molecule has 1 aliphatic rings. The molecule has 1 atom stereocenters. The van der Waals surface area contributed by atoms with Gasteiger partial charge in [0.05, 0.1) is 0 Å². The second kappa shape index (κ2) is 6.87. The maximum atomic E-state index is 2.70. The third-order valence-corrected chi connectivity index (χ3v) is 5.46. The molecule has 0 bridgehead atoms. The van der Waals surface area contributed by atoms with Gasteiger partial charge in [-0.3, -0.25) is 0 Å². The van der Waals surface area contributed by atoms with E-state index in [9.17, 15) is 0 Å². The lowest BCUT2D eigenvalue weighted by atomic mass is 9.98. The Balaban J connectivity index is 1.68. The maximum Gasteiger partial charge on any atom is 0.182 e. The Morgan fingerprint density at radius 1 is 0.900 bits per heavy atom. The van der Waals surface area contributed by atoms with Gasteiger partial charge in [-0.25, -0.2) is 0 Å². The Kier molecular flexibility index (Phi) is 4.67. The first-order valence-corrected chi connectivity index (χ1v) is 8.49. The summed E-state index contributed by atoms with van der Waals surface area (Å²) in [6, 6.07) is 22.6. The van der Waals surface area contributed by atoms with Crippen LogP contribution in [0, 0.1) is 0 Å². The fourth-order valence-corrected chi connectivity index (χ4v) is 4.27. The average molecular weight is 279 g/mol. The molecule has 0 N–H and O–H groups in total. The fraction of sp³-hybridized carbons (Fsp3) is 0.333. The minimum atomic E-state index is 0.713. The van der Waals surface area contributed by atoms with Gasteiger partial charge < -0.3 is 4.57 Å². The summed E-state index contributed by atoms with van der Waals surface area (Å²) < 4.78 is 2.70. The number of hydrogen-bond acceptors (Lipinski definition) is 1. The SMILES string of the molecule is c1ccc(CC2CCCCN2[Si]c2ccccc2)cc1. The van der Waals surface area contributed by atoms with Crippen molar-refractivity contribution >= 4 is 14.9 Å². The van der Waals surface area contributed by atoms with E-state index in [2.05, 4.69) is 65.2 Å². The molecule has 102 valence electrons. The molecule has 2 heteroatoms. The third kappa shape index (κ3) is 3.59. The molecule has 0 spiro atoms. The van der Waals surface area contributed by atoms with Crippen molar-refractivity contribution in [3.63, 3.8) is 0 Å². The lowest BCUT2D eigenvalue weighted by Crippen LogP contribution is -2.47. The van der Waals surface area contributed by atoms with Gasteiger partial charge in [-0.15, -0.1) is 0 Å². The summed E-state index contributed by atoms with van der Waals surface area (Å²) in [6.45, 7) is 1.25. The summed E-state index contributed by atoms with van der Waals surface area (Å²) in [5.74, 6) is 0. The van der Waals surface area contributed by atoms with Crippen LogP contribution in [-0.4, -0.2) is 26.8 Å². The van der Waals surface area contributed by atoms with Gasteiger partial charge in [0.2, 0.25) is 0 Å². The maximum absolute atomic E-state index is 2.70. The molecule has 2 radical (unpaired) electrons. The highest BCUT2D eigenvalue weighted by atomic mass is 28.2. The summed E-state index contributed by atoms with van der Waals surface area (Å²) in [6.07, 6.45) is 5.27. The van der Waals surface area contributed by atoms with E-state index in [-0.39, 0.29) is 0 Å². The zero-order chi connectivity index (χ0) is 13.6. The highest BCUT2D eigenvalue weighted by Crippen LogP contribution is 2.19. The van der Waals surface area contributed by atoms with Gasteiger partial charge in [-0.2, -0.15) is 0 Å². The molecule has 0 amide bonds. The molecule has 1 nitrogen and oxygen atoms in total. The third-order valence-electron chi connectivity index (χ3n) is 3.99. The van der Waals surface area contributed by atoms with Crippen molar-refractivity contribution in [2.24, 2.45) is 0 Å². The van der Waals surface area contributed by atoms with E-state index in [1.807, 2.05) is 0 Å².